The fraction of sp³-hybridized carbons (Fsp3) is 0.250. The number of urea groups is 1. The number of benzene rings is 2. The largest absolute Gasteiger partial charge is 0.378 e. The molecule has 0 radical (unpaired) electrons. The van der Waals surface area contributed by atoms with Gasteiger partial charge in [0.25, 0.3) is 11.8 Å². The number of aryl methyl sites for hydroxylation is 1. The number of hydrogen-bond donors (Lipinski definition) is 2. The SMILES string of the molecule is C=Cc1c(C)ccc2c1C(=O)N(CC1(C#Cc3ccc(-c4cccc(N5CCOCC5)n4)c(F)c3)NC(=O)NC1=O)C2. The summed E-state index contributed by atoms with van der Waals surface area (Å²) in [5.74, 6) is 4.94. The summed E-state index contributed by atoms with van der Waals surface area (Å²) < 4.78 is 20.7. The van der Waals surface area contributed by atoms with Crippen molar-refractivity contribution in [2.24, 2.45) is 0 Å². The molecule has 3 aliphatic heterocycles. The molecular formula is C32H28FN5O4. The third-order valence-corrected chi connectivity index (χ3v) is 7.72. The second-order valence-electron chi connectivity index (χ2n) is 10.4. The number of nitrogens with zero attached hydrogens (tertiary/aromatic N) is 3. The lowest BCUT2D eigenvalue weighted by molar-refractivity contribution is -0.122. The van der Waals surface area contributed by atoms with Crippen LogP contribution in [0.4, 0.5) is 15.0 Å². The first-order valence-corrected chi connectivity index (χ1v) is 13.6. The first-order chi connectivity index (χ1) is 20.3. The van der Waals surface area contributed by atoms with Crippen molar-refractivity contribution in [2.45, 2.75) is 19.0 Å². The maximum absolute atomic E-state index is 15.3. The Hall–Kier alpha value is -5.01. The number of hydrogen-bond acceptors (Lipinski definition) is 6. The minimum absolute atomic E-state index is 0.181. The number of halogens is 1. The molecule has 3 aliphatic rings. The number of nitrogens with one attached hydrogen (secondary N) is 2. The molecule has 1 atom stereocenters. The van der Waals surface area contributed by atoms with Gasteiger partial charge in [-0.15, -0.1) is 0 Å². The van der Waals surface area contributed by atoms with Crippen LogP contribution in [0.1, 0.15) is 32.6 Å². The van der Waals surface area contributed by atoms with Gasteiger partial charge in [0, 0.05) is 30.8 Å². The summed E-state index contributed by atoms with van der Waals surface area (Å²) in [6, 6.07) is 13.0. The highest BCUT2D eigenvalue weighted by atomic mass is 19.1. The average molecular weight is 566 g/mol. The normalized spacial score (nSPS) is 19.6. The Kier molecular flexibility index (Phi) is 6.96. The Labute approximate surface area is 242 Å². The summed E-state index contributed by atoms with van der Waals surface area (Å²) in [6.45, 7) is 8.45. The van der Waals surface area contributed by atoms with Crippen molar-refractivity contribution in [1.29, 1.82) is 0 Å². The van der Waals surface area contributed by atoms with Crippen LogP contribution in [0.25, 0.3) is 17.3 Å². The van der Waals surface area contributed by atoms with Gasteiger partial charge >= 0.3 is 6.03 Å². The van der Waals surface area contributed by atoms with Crippen molar-refractivity contribution < 1.29 is 23.5 Å². The molecule has 3 aromatic rings. The summed E-state index contributed by atoms with van der Waals surface area (Å²) >= 11 is 0. The molecule has 42 heavy (non-hydrogen) atoms. The van der Waals surface area contributed by atoms with Crippen LogP contribution < -0.4 is 15.5 Å². The van der Waals surface area contributed by atoms with Gasteiger partial charge in [-0.3, -0.25) is 14.9 Å². The van der Waals surface area contributed by atoms with Gasteiger partial charge in [-0.1, -0.05) is 42.7 Å². The van der Waals surface area contributed by atoms with Crippen molar-refractivity contribution in [3.05, 3.63) is 88.7 Å². The number of carbonyl (C=O) groups excluding carboxylic acids is 3. The van der Waals surface area contributed by atoms with E-state index in [1.54, 1.807) is 24.3 Å². The smallest absolute Gasteiger partial charge is 0.323 e. The van der Waals surface area contributed by atoms with Crippen molar-refractivity contribution in [3.63, 3.8) is 0 Å². The van der Waals surface area contributed by atoms with E-state index in [9.17, 15) is 14.4 Å². The number of ether oxygens (including phenoxy) is 1. The number of carbonyl (C=O) groups is 3. The summed E-state index contributed by atoms with van der Waals surface area (Å²) in [5.41, 5.74) is 2.37. The van der Waals surface area contributed by atoms with E-state index in [1.165, 1.54) is 11.0 Å². The van der Waals surface area contributed by atoms with Crippen LogP contribution in [0.15, 0.2) is 55.1 Å². The highest BCUT2D eigenvalue weighted by Crippen LogP contribution is 2.31. The van der Waals surface area contributed by atoms with Gasteiger partial charge in [-0.25, -0.2) is 14.2 Å². The molecule has 4 amide bonds. The van der Waals surface area contributed by atoms with E-state index in [-0.39, 0.29) is 19.0 Å². The van der Waals surface area contributed by atoms with E-state index < -0.39 is 23.3 Å². The third kappa shape index (κ3) is 4.88. The molecule has 2 aromatic carbocycles. The summed E-state index contributed by atoms with van der Waals surface area (Å²) in [7, 11) is 0. The maximum Gasteiger partial charge on any atom is 0.323 e. The number of morpholine rings is 1. The van der Waals surface area contributed by atoms with Gasteiger partial charge in [0.2, 0.25) is 5.54 Å². The summed E-state index contributed by atoms with van der Waals surface area (Å²) in [4.78, 5) is 46.8. The maximum atomic E-state index is 15.3. The Balaban J connectivity index is 1.27. The zero-order valence-electron chi connectivity index (χ0n) is 23.0. The number of imide groups is 1. The lowest BCUT2D eigenvalue weighted by atomic mass is 9.98. The van der Waals surface area contributed by atoms with Gasteiger partial charge in [-0.05, 0) is 53.9 Å². The number of fused-ring (bicyclic) bond motifs is 1. The van der Waals surface area contributed by atoms with Crippen LogP contribution in [-0.2, 0) is 16.1 Å². The van der Waals surface area contributed by atoms with E-state index >= 15 is 4.39 Å². The average Bonchev–Trinajstić information content (AvgIpc) is 3.46. The number of aromatic nitrogens is 1. The van der Waals surface area contributed by atoms with Crippen molar-refractivity contribution in [3.8, 4) is 23.1 Å². The van der Waals surface area contributed by atoms with Crippen LogP contribution in [0.3, 0.4) is 0 Å². The molecule has 2 N–H and O–H groups in total. The van der Waals surface area contributed by atoms with Gasteiger partial charge in [0.05, 0.1) is 31.0 Å². The summed E-state index contributed by atoms with van der Waals surface area (Å²) in [6.07, 6.45) is 1.64. The monoisotopic (exact) mass is 565 g/mol. The molecule has 6 rings (SSSR count). The number of amides is 4. The Bertz CT molecular complexity index is 1700. The fourth-order valence-corrected chi connectivity index (χ4v) is 5.52. The van der Waals surface area contributed by atoms with Gasteiger partial charge in [-0.2, -0.15) is 0 Å². The third-order valence-electron chi connectivity index (χ3n) is 7.72. The molecule has 4 heterocycles. The standard InChI is InChI=1S/C32H28FN5O4/c1-3-23-20(2)7-9-22-18-38(29(39)28(22)23)19-32(30(40)35-31(41)36-32)12-11-21-8-10-24(25(33)17-21)26-5-4-6-27(34-26)37-13-15-42-16-14-37/h3-10,17H,1,13-16,18-19H2,2H3,(H2,35,36,40,41). The molecule has 10 heteroatoms. The Morgan fingerprint density at radius 2 is 1.95 bits per heavy atom. The molecule has 0 saturated carbocycles. The molecule has 0 bridgehead atoms. The molecule has 1 aromatic heterocycles. The first kappa shape index (κ1) is 27.2. The van der Waals surface area contributed by atoms with Crippen LogP contribution >= 0.6 is 0 Å². The fourth-order valence-electron chi connectivity index (χ4n) is 5.52. The zero-order valence-corrected chi connectivity index (χ0v) is 23.0. The quantitative estimate of drug-likeness (QED) is 0.364. The summed E-state index contributed by atoms with van der Waals surface area (Å²) in [5, 5.41) is 4.81. The molecule has 212 valence electrons. The van der Waals surface area contributed by atoms with E-state index in [2.05, 4.69) is 38.9 Å². The predicted octanol–water partition coefficient (Wildman–Crippen LogP) is 3.26. The Morgan fingerprint density at radius 1 is 1.14 bits per heavy atom. The Morgan fingerprint density at radius 3 is 2.67 bits per heavy atom. The van der Waals surface area contributed by atoms with Crippen LogP contribution in [0.2, 0.25) is 0 Å². The number of rotatable bonds is 5. The van der Waals surface area contributed by atoms with Crippen molar-refractivity contribution in [2.75, 3.05) is 37.7 Å². The lowest BCUT2D eigenvalue weighted by Crippen LogP contribution is -2.54. The molecule has 9 nitrogen and oxygen atoms in total. The molecule has 2 saturated heterocycles. The van der Waals surface area contributed by atoms with Crippen molar-refractivity contribution >= 4 is 29.7 Å². The minimum Gasteiger partial charge on any atom is -0.378 e. The molecule has 2 fully saturated rings. The van der Waals surface area contributed by atoms with E-state index in [0.717, 1.165) is 22.5 Å². The van der Waals surface area contributed by atoms with Crippen LogP contribution in [0, 0.1) is 24.6 Å². The second-order valence-corrected chi connectivity index (χ2v) is 10.4. The molecule has 0 aliphatic carbocycles. The minimum atomic E-state index is -1.71. The van der Waals surface area contributed by atoms with E-state index in [4.69, 9.17) is 4.74 Å². The zero-order chi connectivity index (χ0) is 29.4. The second kappa shape index (κ2) is 10.8. The molecule has 0 spiro atoms. The number of pyridine rings is 1. The number of anilines is 1. The van der Waals surface area contributed by atoms with Crippen molar-refractivity contribution in [1.82, 2.24) is 20.5 Å². The molecule has 1 unspecified atom stereocenters. The van der Waals surface area contributed by atoms with Gasteiger partial charge in [0.1, 0.15) is 11.6 Å². The lowest BCUT2D eigenvalue weighted by Gasteiger charge is -2.28. The van der Waals surface area contributed by atoms with Crippen LogP contribution in [0.5, 0.6) is 0 Å². The predicted molar refractivity (Wildman–Crippen MR) is 155 cm³/mol. The van der Waals surface area contributed by atoms with Crippen LogP contribution in [-0.4, -0.2) is 66.1 Å². The highest BCUT2D eigenvalue weighted by Gasteiger charge is 2.48. The topological polar surface area (TPSA) is 104 Å². The van der Waals surface area contributed by atoms with Gasteiger partial charge < -0.3 is 19.9 Å². The van der Waals surface area contributed by atoms with E-state index in [0.29, 0.717) is 48.7 Å². The van der Waals surface area contributed by atoms with E-state index in [1.807, 2.05) is 31.2 Å². The first-order valence-electron chi connectivity index (χ1n) is 13.6. The van der Waals surface area contributed by atoms with Gasteiger partial charge in [0.15, 0.2) is 0 Å². The highest BCUT2D eigenvalue weighted by molar-refractivity contribution is 6.10. The molecular weight excluding hydrogens is 537 g/mol.